The third kappa shape index (κ3) is 3.60. The molecule has 3 heterocycles. The van der Waals surface area contributed by atoms with Gasteiger partial charge in [0.2, 0.25) is 0 Å². The summed E-state index contributed by atoms with van der Waals surface area (Å²) >= 11 is 0. The molecule has 0 radical (unpaired) electrons. The summed E-state index contributed by atoms with van der Waals surface area (Å²) in [7, 11) is 0. The van der Waals surface area contributed by atoms with Crippen LogP contribution in [0, 0.1) is 0 Å². The molecule has 2 aromatic carbocycles. The van der Waals surface area contributed by atoms with Gasteiger partial charge < -0.3 is 9.88 Å². The number of aromatic nitrogens is 2. The molecular weight excluding hydrogens is 372 g/mol. The number of H-pyrrole nitrogens is 1. The van der Waals surface area contributed by atoms with E-state index >= 15 is 0 Å². The fourth-order valence-corrected chi connectivity index (χ4v) is 4.21. The lowest BCUT2D eigenvalue weighted by Crippen LogP contribution is -2.48. The van der Waals surface area contributed by atoms with Gasteiger partial charge >= 0.3 is 0 Å². The van der Waals surface area contributed by atoms with Gasteiger partial charge in [-0.15, -0.1) is 0 Å². The van der Waals surface area contributed by atoms with E-state index in [0.717, 1.165) is 59.7 Å². The van der Waals surface area contributed by atoms with E-state index in [2.05, 4.69) is 19.8 Å². The van der Waals surface area contributed by atoms with Crippen LogP contribution in [0.5, 0.6) is 0 Å². The van der Waals surface area contributed by atoms with Crippen LogP contribution in [0.15, 0.2) is 79.0 Å². The Morgan fingerprint density at radius 1 is 0.867 bits per heavy atom. The maximum absolute atomic E-state index is 13.4. The highest BCUT2D eigenvalue weighted by Crippen LogP contribution is 2.31. The fourth-order valence-electron chi connectivity index (χ4n) is 4.21. The first-order valence-corrected chi connectivity index (χ1v) is 10.4. The van der Waals surface area contributed by atoms with E-state index in [1.54, 1.807) is 0 Å². The zero-order chi connectivity index (χ0) is 20.3. The van der Waals surface area contributed by atoms with E-state index in [1.807, 2.05) is 79.0 Å². The van der Waals surface area contributed by atoms with Crippen molar-refractivity contribution in [2.24, 2.45) is 0 Å². The number of anilines is 1. The summed E-state index contributed by atoms with van der Waals surface area (Å²) < 4.78 is 0. The number of Topliss-reactive ketones (excluding diaryl/α,β-unsaturated/α-hetero) is 1. The quantitative estimate of drug-likeness (QED) is 0.513. The highest BCUT2D eigenvalue weighted by atomic mass is 16.1. The molecule has 0 aliphatic carbocycles. The topological polar surface area (TPSA) is 52.2 Å². The number of carbonyl (C=O) groups is 1. The summed E-state index contributed by atoms with van der Waals surface area (Å²) in [6.45, 7) is 3.89. The van der Waals surface area contributed by atoms with Gasteiger partial charge in [-0.1, -0.05) is 54.6 Å². The predicted molar refractivity (Wildman–Crippen MR) is 121 cm³/mol. The van der Waals surface area contributed by atoms with Crippen molar-refractivity contribution in [3.8, 4) is 11.3 Å². The minimum absolute atomic E-state index is 0.164. The number of piperazine rings is 1. The van der Waals surface area contributed by atoms with E-state index in [-0.39, 0.29) is 5.78 Å². The van der Waals surface area contributed by atoms with Gasteiger partial charge in [-0.3, -0.25) is 9.69 Å². The van der Waals surface area contributed by atoms with Gasteiger partial charge in [0.15, 0.2) is 5.78 Å². The van der Waals surface area contributed by atoms with Crippen LogP contribution >= 0.6 is 0 Å². The lowest BCUT2D eigenvalue weighted by Gasteiger charge is -2.35. The second-order valence-corrected chi connectivity index (χ2v) is 7.66. The number of ketones is 1. The molecule has 5 rings (SSSR count). The Bertz CT molecular complexity index is 1150. The maximum Gasteiger partial charge on any atom is 0.179 e. The SMILES string of the molecule is O=C(CN1CCN(c2ccccn2)CC1)c1c(-c2ccccc2)[nH]c2ccccc12. The predicted octanol–water partition coefficient (Wildman–Crippen LogP) is 4.23. The van der Waals surface area contributed by atoms with E-state index in [9.17, 15) is 4.79 Å². The molecule has 5 heteroatoms. The number of pyridine rings is 1. The van der Waals surface area contributed by atoms with E-state index < -0.39 is 0 Å². The summed E-state index contributed by atoms with van der Waals surface area (Å²) in [6.07, 6.45) is 1.83. The van der Waals surface area contributed by atoms with Crippen LogP contribution in [0.2, 0.25) is 0 Å². The van der Waals surface area contributed by atoms with Gasteiger partial charge in [0.25, 0.3) is 0 Å². The molecule has 0 atom stereocenters. The van der Waals surface area contributed by atoms with Gasteiger partial charge in [0.05, 0.1) is 17.8 Å². The fraction of sp³-hybridized carbons (Fsp3) is 0.200. The molecule has 0 bridgehead atoms. The second kappa shape index (κ2) is 8.13. The minimum atomic E-state index is 0.164. The van der Waals surface area contributed by atoms with Gasteiger partial charge in [-0.05, 0) is 23.8 Å². The summed E-state index contributed by atoms with van der Waals surface area (Å²) in [5, 5.41) is 0.994. The van der Waals surface area contributed by atoms with Crippen molar-refractivity contribution in [3.05, 3.63) is 84.6 Å². The van der Waals surface area contributed by atoms with Crippen LogP contribution < -0.4 is 4.90 Å². The molecule has 0 saturated carbocycles. The van der Waals surface area contributed by atoms with Crippen molar-refractivity contribution in [2.45, 2.75) is 0 Å². The van der Waals surface area contributed by atoms with Gasteiger partial charge in [0, 0.05) is 43.3 Å². The standard InChI is InChI=1S/C25H24N4O/c30-22(18-28-14-16-29(17-15-28)23-12-6-7-13-26-23)24-20-10-4-5-11-21(20)27-25(24)19-8-2-1-3-9-19/h1-13,27H,14-18H2. The first-order chi connectivity index (χ1) is 14.8. The van der Waals surface area contributed by atoms with Crippen LogP contribution in [-0.4, -0.2) is 53.4 Å². The average Bonchev–Trinajstić information content (AvgIpc) is 3.21. The number of para-hydroxylation sites is 1. The molecular formula is C25H24N4O. The summed E-state index contributed by atoms with van der Waals surface area (Å²) in [5.41, 5.74) is 3.74. The molecule has 0 amide bonds. The van der Waals surface area contributed by atoms with Gasteiger partial charge in [0.1, 0.15) is 5.82 Å². The Morgan fingerprint density at radius 3 is 2.37 bits per heavy atom. The van der Waals surface area contributed by atoms with Crippen LogP contribution in [0.4, 0.5) is 5.82 Å². The zero-order valence-electron chi connectivity index (χ0n) is 16.8. The molecule has 0 spiro atoms. The summed E-state index contributed by atoms with van der Waals surface area (Å²) in [4.78, 5) is 25.9. The van der Waals surface area contributed by atoms with Crippen LogP contribution in [0.1, 0.15) is 10.4 Å². The third-order valence-electron chi connectivity index (χ3n) is 5.76. The van der Waals surface area contributed by atoms with Crippen molar-refractivity contribution < 1.29 is 4.79 Å². The molecule has 4 aromatic rings. The maximum atomic E-state index is 13.4. The largest absolute Gasteiger partial charge is 0.354 e. The summed E-state index contributed by atoms with van der Waals surface area (Å²) in [6, 6.07) is 24.1. The van der Waals surface area contributed by atoms with Crippen LogP contribution in [0.3, 0.4) is 0 Å². The van der Waals surface area contributed by atoms with Crippen molar-refractivity contribution in [3.63, 3.8) is 0 Å². The number of hydrogen-bond donors (Lipinski definition) is 1. The average molecular weight is 396 g/mol. The highest BCUT2D eigenvalue weighted by Gasteiger charge is 2.24. The smallest absolute Gasteiger partial charge is 0.179 e. The van der Waals surface area contributed by atoms with E-state index in [4.69, 9.17) is 0 Å². The first kappa shape index (κ1) is 18.6. The Balaban J connectivity index is 1.37. The number of nitrogens with one attached hydrogen (secondary N) is 1. The number of carbonyl (C=O) groups excluding carboxylic acids is 1. The number of nitrogens with zero attached hydrogens (tertiary/aromatic N) is 3. The first-order valence-electron chi connectivity index (χ1n) is 10.4. The Kier molecular flexibility index (Phi) is 5.03. The van der Waals surface area contributed by atoms with E-state index in [0.29, 0.717) is 6.54 Å². The van der Waals surface area contributed by atoms with Crippen molar-refractivity contribution in [1.82, 2.24) is 14.9 Å². The number of benzene rings is 2. The monoisotopic (exact) mass is 396 g/mol. The lowest BCUT2D eigenvalue weighted by atomic mass is 10.0. The molecule has 5 nitrogen and oxygen atoms in total. The molecule has 150 valence electrons. The molecule has 1 aliphatic rings. The van der Waals surface area contributed by atoms with Gasteiger partial charge in [-0.25, -0.2) is 4.98 Å². The van der Waals surface area contributed by atoms with Crippen molar-refractivity contribution in [2.75, 3.05) is 37.6 Å². The van der Waals surface area contributed by atoms with Crippen LogP contribution in [-0.2, 0) is 0 Å². The Labute approximate surface area is 176 Å². The molecule has 1 aliphatic heterocycles. The Morgan fingerprint density at radius 2 is 1.60 bits per heavy atom. The minimum Gasteiger partial charge on any atom is -0.354 e. The van der Waals surface area contributed by atoms with Crippen molar-refractivity contribution in [1.29, 1.82) is 0 Å². The Hall–Kier alpha value is -3.44. The van der Waals surface area contributed by atoms with Crippen LogP contribution in [0.25, 0.3) is 22.2 Å². The van der Waals surface area contributed by atoms with Gasteiger partial charge in [-0.2, -0.15) is 0 Å². The highest BCUT2D eigenvalue weighted by molar-refractivity contribution is 6.14. The number of hydrogen-bond acceptors (Lipinski definition) is 4. The summed E-state index contributed by atoms with van der Waals surface area (Å²) in [5.74, 6) is 1.17. The molecule has 0 unspecified atom stereocenters. The number of fused-ring (bicyclic) bond motifs is 1. The number of aromatic amines is 1. The third-order valence-corrected chi connectivity index (χ3v) is 5.76. The van der Waals surface area contributed by atoms with Crippen molar-refractivity contribution >= 4 is 22.5 Å². The normalized spacial score (nSPS) is 14.9. The molecule has 30 heavy (non-hydrogen) atoms. The lowest BCUT2D eigenvalue weighted by molar-refractivity contribution is 0.0928. The molecule has 1 saturated heterocycles. The van der Waals surface area contributed by atoms with E-state index in [1.165, 1.54) is 0 Å². The molecule has 2 aromatic heterocycles. The number of rotatable bonds is 5. The molecule has 1 fully saturated rings. The molecule has 1 N–H and O–H groups in total. The zero-order valence-corrected chi connectivity index (χ0v) is 16.8. The second-order valence-electron chi connectivity index (χ2n) is 7.66.